The normalized spacial score (nSPS) is 19.5. The maximum atomic E-state index is 10.8. The number of phenols is 1. The van der Waals surface area contributed by atoms with Crippen LogP contribution < -0.4 is 0 Å². The number of aliphatic carboxylic acids is 1. The number of carboxylic acid groups (broad SMARTS) is 1. The largest absolute Gasteiger partial charge is 0.508 e. The zero-order valence-corrected chi connectivity index (χ0v) is 21.6. The van der Waals surface area contributed by atoms with Gasteiger partial charge in [0, 0.05) is 50.2 Å². The fraction of sp³-hybridized carbons (Fsp3) is 0.429. The number of aryl methyl sites for hydroxylation is 1. The lowest BCUT2D eigenvalue weighted by atomic mass is 9.92. The number of carbonyl (C=O) groups is 1. The fourth-order valence-electron chi connectivity index (χ4n) is 5.22. The van der Waals surface area contributed by atoms with Crippen molar-refractivity contribution in [3.63, 3.8) is 0 Å². The number of phenolic OH excluding ortho intramolecular Hbond substituents is 1. The van der Waals surface area contributed by atoms with Gasteiger partial charge in [0.1, 0.15) is 5.75 Å². The molecule has 1 fully saturated rings. The molecular weight excluding hydrogens is 468 g/mol. The molecule has 9 nitrogen and oxygen atoms in total. The lowest BCUT2D eigenvalue weighted by Crippen LogP contribution is -2.57. The van der Waals surface area contributed by atoms with Gasteiger partial charge in [-0.1, -0.05) is 36.4 Å². The molecule has 37 heavy (non-hydrogen) atoms. The van der Waals surface area contributed by atoms with Crippen LogP contribution in [0.1, 0.15) is 50.3 Å². The minimum Gasteiger partial charge on any atom is -0.508 e. The number of tetrazole rings is 1. The fourth-order valence-corrected chi connectivity index (χ4v) is 5.22. The smallest absolute Gasteiger partial charge is 0.303 e. The summed E-state index contributed by atoms with van der Waals surface area (Å²) >= 11 is 0. The summed E-state index contributed by atoms with van der Waals surface area (Å²) in [7, 11) is 0. The third kappa shape index (κ3) is 6.42. The molecule has 1 aliphatic rings. The Morgan fingerprint density at radius 3 is 2.59 bits per heavy atom. The van der Waals surface area contributed by atoms with Crippen LogP contribution in [0.25, 0.3) is 11.4 Å². The minimum absolute atomic E-state index is 0.0599. The minimum atomic E-state index is -0.795. The van der Waals surface area contributed by atoms with Gasteiger partial charge in [-0.3, -0.25) is 14.6 Å². The predicted molar refractivity (Wildman–Crippen MR) is 142 cm³/mol. The van der Waals surface area contributed by atoms with E-state index >= 15 is 0 Å². The Labute approximate surface area is 218 Å². The van der Waals surface area contributed by atoms with E-state index in [2.05, 4.69) is 64.0 Å². The Morgan fingerprint density at radius 1 is 1.11 bits per heavy atom. The molecular formula is C28H36N6O3. The summed E-state index contributed by atoms with van der Waals surface area (Å²) < 4.78 is 1.74. The lowest BCUT2D eigenvalue weighted by Gasteiger charge is -2.47. The van der Waals surface area contributed by atoms with Crippen LogP contribution in [0.4, 0.5) is 0 Å². The molecule has 0 amide bonds. The molecule has 9 heteroatoms. The molecule has 1 aliphatic heterocycles. The number of hydrogen-bond acceptors (Lipinski definition) is 7. The molecule has 2 heterocycles. The van der Waals surface area contributed by atoms with Gasteiger partial charge < -0.3 is 10.2 Å². The van der Waals surface area contributed by atoms with Crippen LogP contribution in [0.15, 0.2) is 61.2 Å². The van der Waals surface area contributed by atoms with Gasteiger partial charge in [0.15, 0.2) is 5.82 Å². The molecule has 0 spiro atoms. The lowest BCUT2D eigenvalue weighted by molar-refractivity contribution is -0.137. The second-order valence-corrected chi connectivity index (χ2v) is 9.84. The molecule has 3 atom stereocenters. The van der Waals surface area contributed by atoms with Crippen molar-refractivity contribution in [2.75, 3.05) is 19.6 Å². The zero-order valence-electron chi connectivity index (χ0n) is 21.6. The second-order valence-electron chi connectivity index (χ2n) is 9.84. The summed E-state index contributed by atoms with van der Waals surface area (Å²) in [5.41, 5.74) is 3.03. The van der Waals surface area contributed by atoms with Gasteiger partial charge in [-0.2, -0.15) is 0 Å². The number of hydrogen-bond donors (Lipinski definition) is 2. The van der Waals surface area contributed by atoms with Crippen molar-refractivity contribution in [2.24, 2.45) is 0 Å². The highest BCUT2D eigenvalue weighted by molar-refractivity contribution is 5.66. The van der Waals surface area contributed by atoms with Crippen LogP contribution >= 0.6 is 0 Å². The third-order valence-electron chi connectivity index (χ3n) is 7.05. The van der Waals surface area contributed by atoms with Gasteiger partial charge in [-0.15, -0.1) is 11.7 Å². The number of unbranched alkanes of at least 4 members (excludes halogenated alkanes) is 1. The van der Waals surface area contributed by atoms with Gasteiger partial charge in [0.25, 0.3) is 0 Å². The average molecular weight is 505 g/mol. The van der Waals surface area contributed by atoms with E-state index in [1.807, 2.05) is 30.3 Å². The highest BCUT2D eigenvalue weighted by Crippen LogP contribution is 2.35. The Morgan fingerprint density at radius 2 is 1.86 bits per heavy atom. The summed E-state index contributed by atoms with van der Waals surface area (Å²) in [5, 5.41) is 31.5. The maximum Gasteiger partial charge on any atom is 0.303 e. The number of nitrogens with zero attached hydrogens (tertiary/aromatic N) is 6. The molecule has 2 N–H and O–H groups in total. The first-order chi connectivity index (χ1) is 17.9. The Balaban J connectivity index is 1.66. The van der Waals surface area contributed by atoms with Gasteiger partial charge in [-0.05, 0) is 66.4 Å². The molecule has 0 radical (unpaired) electrons. The van der Waals surface area contributed by atoms with Crippen LogP contribution in [0.3, 0.4) is 0 Å². The number of carboxylic acids is 1. The van der Waals surface area contributed by atoms with Crippen LogP contribution in [0.2, 0.25) is 0 Å². The summed E-state index contributed by atoms with van der Waals surface area (Å²) in [5.74, 6) is 0.107. The van der Waals surface area contributed by atoms with Crippen molar-refractivity contribution in [3.05, 3.63) is 72.3 Å². The zero-order chi connectivity index (χ0) is 26.4. The molecule has 0 saturated carbocycles. The van der Waals surface area contributed by atoms with Gasteiger partial charge in [0.05, 0.1) is 6.04 Å². The maximum absolute atomic E-state index is 10.8. The number of benzene rings is 2. The molecule has 2 aromatic carbocycles. The van der Waals surface area contributed by atoms with Gasteiger partial charge in [0.2, 0.25) is 0 Å². The van der Waals surface area contributed by atoms with Crippen molar-refractivity contribution in [1.82, 2.24) is 30.0 Å². The summed E-state index contributed by atoms with van der Waals surface area (Å²) in [6.07, 6.45) is 3.35. The molecule has 3 aromatic rings. The van der Waals surface area contributed by atoms with E-state index in [4.69, 9.17) is 5.11 Å². The van der Waals surface area contributed by atoms with Crippen molar-refractivity contribution < 1.29 is 15.0 Å². The average Bonchev–Trinajstić information content (AvgIpc) is 3.34. The van der Waals surface area contributed by atoms with Gasteiger partial charge >= 0.3 is 5.97 Å². The van der Waals surface area contributed by atoms with E-state index in [0.717, 1.165) is 36.3 Å². The van der Waals surface area contributed by atoms with E-state index in [-0.39, 0.29) is 24.3 Å². The van der Waals surface area contributed by atoms with E-state index in [1.54, 1.807) is 10.7 Å². The molecule has 196 valence electrons. The summed E-state index contributed by atoms with van der Waals surface area (Å²) in [6, 6.07) is 16.3. The van der Waals surface area contributed by atoms with E-state index in [9.17, 15) is 9.90 Å². The highest BCUT2D eigenvalue weighted by atomic mass is 16.4. The highest BCUT2D eigenvalue weighted by Gasteiger charge is 2.34. The first-order valence-electron chi connectivity index (χ1n) is 12.8. The molecule has 4 rings (SSSR count). The topological polar surface area (TPSA) is 108 Å². The third-order valence-corrected chi connectivity index (χ3v) is 7.05. The van der Waals surface area contributed by atoms with E-state index in [0.29, 0.717) is 31.3 Å². The second kappa shape index (κ2) is 12.1. The van der Waals surface area contributed by atoms with Crippen molar-refractivity contribution >= 4 is 5.97 Å². The predicted octanol–water partition coefficient (Wildman–Crippen LogP) is 3.97. The Bertz CT molecular complexity index is 1210. The monoisotopic (exact) mass is 504 g/mol. The van der Waals surface area contributed by atoms with Crippen LogP contribution in [-0.4, -0.2) is 77.9 Å². The standard InChI is InChI=1S/C28H36N6O3/c1-4-14-32-18-21(3)33(19-20(32)2)27(23-10-8-12-25(35)17-23)22-9-7-11-24(16-22)28-29-30-31-34(28)15-6-5-13-26(36)37/h4,7-12,16-17,20-21,27,35H,1,5-6,13-15,18-19H2,2-3H3,(H,36,37)/t20-,21+,27-/m1/s1. The number of rotatable bonds is 11. The van der Waals surface area contributed by atoms with Crippen LogP contribution in [0, 0.1) is 0 Å². The first-order valence-corrected chi connectivity index (χ1v) is 12.8. The first kappa shape index (κ1) is 26.5. The molecule has 0 bridgehead atoms. The van der Waals surface area contributed by atoms with Crippen molar-refractivity contribution in [1.29, 1.82) is 0 Å². The van der Waals surface area contributed by atoms with Crippen molar-refractivity contribution in [3.8, 4) is 17.1 Å². The Kier molecular flexibility index (Phi) is 8.68. The molecule has 0 unspecified atom stereocenters. The van der Waals surface area contributed by atoms with Crippen LogP contribution in [-0.2, 0) is 11.3 Å². The van der Waals surface area contributed by atoms with E-state index in [1.165, 1.54) is 0 Å². The molecule has 1 aromatic heterocycles. The summed E-state index contributed by atoms with van der Waals surface area (Å²) in [4.78, 5) is 15.8. The molecule has 1 saturated heterocycles. The molecule has 0 aliphatic carbocycles. The quantitative estimate of drug-likeness (QED) is 0.298. The number of aromatic hydroxyl groups is 1. The van der Waals surface area contributed by atoms with Gasteiger partial charge in [-0.25, -0.2) is 4.68 Å². The number of piperazine rings is 1. The Hall–Kier alpha value is -3.56. The summed E-state index contributed by atoms with van der Waals surface area (Å²) in [6.45, 7) is 11.6. The van der Waals surface area contributed by atoms with E-state index < -0.39 is 5.97 Å². The van der Waals surface area contributed by atoms with Crippen LogP contribution in [0.5, 0.6) is 5.75 Å². The number of aromatic nitrogens is 4. The SMILES string of the molecule is C=CCN1C[C@H](C)N([C@@H](c2cccc(O)c2)c2cccc(-c3nnnn3CCCCC(=O)O)c2)C[C@H]1C. The van der Waals surface area contributed by atoms with Crippen molar-refractivity contribution in [2.45, 2.75) is 57.8 Å².